The summed E-state index contributed by atoms with van der Waals surface area (Å²) < 4.78 is 0.794. The number of benzene rings is 2. The number of hydrogen-bond acceptors (Lipinski definition) is 3. The van der Waals surface area contributed by atoms with Crippen LogP contribution in [0.15, 0.2) is 72.3 Å². The molecule has 0 N–H and O–H groups in total. The van der Waals surface area contributed by atoms with Crippen molar-refractivity contribution < 1.29 is 4.79 Å². The minimum Gasteiger partial charge on any atom is -0.349 e. The molecular formula is C25H25NOS2. The van der Waals surface area contributed by atoms with E-state index in [0.29, 0.717) is 13.1 Å². The third-order valence-electron chi connectivity index (χ3n) is 4.65. The number of ketones is 1. The second kappa shape index (κ2) is 9.86. The number of carbonyl (C=O) groups is 1. The number of likely N-dealkylation sites (tertiary alicyclic amines) is 1. The van der Waals surface area contributed by atoms with Crippen LogP contribution in [0.4, 0.5) is 0 Å². The Hall–Kier alpha value is -2.43. The summed E-state index contributed by atoms with van der Waals surface area (Å²) in [4.78, 5) is 15.4. The van der Waals surface area contributed by atoms with E-state index in [2.05, 4.69) is 49.6 Å². The van der Waals surface area contributed by atoms with E-state index >= 15 is 0 Å². The second-order valence-electron chi connectivity index (χ2n) is 7.22. The molecule has 0 atom stereocenters. The molecule has 1 aliphatic heterocycles. The number of nitrogens with zero attached hydrogens (tertiary/aromatic N) is 1. The molecule has 1 fully saturated rings. The zero-order valence-corrected chi connectivity index (χ0v) is 18.5. The van der Waals surface area contributed by atoms with Crippen molar-refractivity contribution in [3.63, 3.8) is 0 Å². The molecule has 2 aromatic rings. The molecule has 0 unspecified atom stereocenters. The Labute approximate surface area is 183 Å². The lowest BCUT2D eigenvalue weighted by molar-refractivity contribution is -0.113. The molecule has 1 aliphatic rings. The highest BCUT2D eigenvalue weighted by atomic mass is 32.2. The van der Waals surface area contributed by atoms with Gasteiger partial charge in [-0.3, -0.25) is 4.79 Å². The minimum atomic E-state index is 0.0979. The Balaban J connectivity index is 1.97. The zero-order chi connectivity index (χ0) is 20.8. The summed E-state index contributed by atoms with van der Waals surface area (Å²) in [5, 5.41) is 0. The lowest BCUT2D eigenvalue weighted by Crippen LogP contribution is -2.39. The first kappa shape index (κ1) is 21.3. The number of aryl methyl sites for hydroxylation is 2. The van der Waals surface area contributed by atoms with Gasteiger partial charge >= 0.3 is 0 Å². The zero-order valence-electron chi connectivity index (χ0n) is 16.9. The van der Waals surface area contributed by atoms with E-state index in [9.17, 15) is 4.79 Å². The summed E-state index contributed by atoms with van der Waals surface area (Å²) >= 11 is 7.21. The molecule has 4 heteroatoms. The predicted octanol–water partition coefficient (Wildman–Crippen LogP) is 5.86. The lowest BCUT2D eigenvalue weighted by atomic mass is 9.94. The summed E-state index contributed by atoms with van der Waals surface area (Å²) in [6.45, 7) is 8.94. The first-order chi connectivity index (χ1) is 14.0. The monoisotopic (exact) mass is 419 g/mol. The molecule has 2 aromatic carbocycles. The maximum atomic E-state index is 13.3. The molecule has 2 nitrogen and oxygen atoms in total. The van der Waals surface area contributed by atoms with Crippen molar-refractivity contribution in [3.05, 3.63) is 94.6 Å². The van der Waals surface area contributed by atoms with Gasteiger partial charge < -0.3 is 4.90 Å². The Kier molecular flexibility index (Phi) is 7.24. The van der Waals surface area contributed by atoms with Crippen molar-refractivity contribution in [1.82, 2.24) is 4.90 Å². The van der Waals surface area contributed by atoms with Crippen LogP contribution in [0.5, 0.6) is 0 Å². The topological polar surface area (TPSA) is 20.3 Å². The van der Waals surface area contributed by atoms with Crippen LogP contribution >= 0.6 is 24.0 Å². The van der Waals surface area contributed by atoms with Gasteiger partial charge in [0.1, 0.15) is 4.32 Å². The van der Waals surface area contributed by atoms with Crippen LogP contribution in [0.3, 0.4) is 0 Å². The molecule has 0 saturated carbocycles. The van der Waals surface area contributed by atoms with Gasteiger partial charge in [0.05, 0.1) is 0 Å². The standard InChI is InChI=1S/C25H25NOS2/c1-4-11-29-25(28)26-16-22(14-20-9-5-7-18(2)12-20)24(27)23(17-26)15-21-10-6-8-19(3)13-21/h4-10,12-15H,1,11,16-17H2,2-3H3/b22-14+,23-15+. The van der Waals surface area contributed by atoms with Gasteiger partial charge in [-0.05, 0) is 37.1 Å². The average molecular weight is 420 g/mol. The van der Waals surface area contributed by atoms with Gasteiger partial charge in [-0.15, -0.1) is 6.58 Å². The molecule has 0 radical (unpaired) electrons. The molecule has 3 rings (SSSR count). The number of Topliss-reactive ketones (excluding diaryl/α,β-unsaturated/α-hetero) is 1. The number of carbonyl (C=O) groups excluding carboxylic acids is 1. The van der Waals surface area contributed by atoms with Gasteiger partial charge in [0, 0.05) is 30.0 Å². The highest BCUT2D eigenvalue weighted by Gasteiger charge is 2.27. The van der Waals surface area contributed by atoms with Crippen LogP contribution in [-0.2, 0) is 4.79 Å². The van der Waals surface area contributed by atoms with Gasteiger partial charge in [-0.25, -0.2) is 0 Å². The maximum absolute atomic E-state index is 13.3. The molecule has 0 aromatic heterocycles. The third kappa shape index (κ3) is 5.78. The van der Waals surface area contributed by atoms with E-state index in [0.717, 1.165) is 32.3 Å². The second-order valence-corrected chi connectivity index (χ2v) is 8.87. The van der Waals surface area contributed by atoms with Gasteiger partial charge in [0.25, 0.3) is 0 Å². The largest absolute Gasteiger partial charge is 0.349 e. The van der Waals surface area contributed by atoms with Crippen molar-refractivity contribution in [2.45, 2.75) is 13.8 Å². The van der Waals surface area contributed by atoms with Crippen molar-refractivity contribution in [1.29, 1.82) is 0 Å². The van der Waals surface area contributed by atoms with Crippen LogP contribution < -0.4 is 0 Å². The number of piperidine rings is 1. The maximum Gasteiger partial charge on any atom is 0.188 e. The quantitative estimate of drug-likeness (QED) is 0.351. The Bertz CT molecular complexity index is 936. The Morgan fingerprint density at radius 1 is 1.03 bits per heavy atom. The van der Waals surface area contributed by atoms with Crippen LogP contribution in [0.1, 0.15) is 22.3 Å². The summed E-state index contributed by atoms with van der Waals surface area (Å²) in [5.41, 5.74) is 5.95. The highest BCUT2D eigenvalue weighted by molar-refractivity contribution is 8.23. The predicted molar refractivity (Wildman–Crippen MR) is 130 cm³/mol. The summed E-state index contributed by atoms with van der Waals surface area (Å²) in [5.74, 6) is 0.859. The van der Waals surface area contributed by atoms with Gasteiger partial charge in [0.15, 0.2) is 5.78 Å². The molecule has 0 spiro atoms. The van der Waals surface area contributed by atoms with Gasteiger partial charge in [-0.1, -0.05) is 89.7 Å². The molecule has 29 heavy (non-hydrogen) atoms. The molecule has 0 aliphatic carbocycles. The van der Waals surface area contributed by atoms with Crippen LogP contribution in [0.2, 0.25) is 0 Å². The molecule has 0 bridgehead atoms. The first-order valence-electron chi connectivity index (χ1n) is 9.58. The average Bonchev–Trinajstić information content (AvgIpc) is 2.69. The van der Waals surface area contributed by atoms with E-state index in [-0.39, 0.29) is 5.78 Å². The molecular weight excluding hydrogens is 394 g/mol. The SMILES string of the molecule is C=CCSC(=S)N1C/C(=C\c2cccc(C)c2)C(=O)/C(=C/c2cccc(C)c2)C1. The molecule has 0 amide bonds. The molecule has 1 heterocycles. The van der Waals surface area contributed by atoms with Crippen molar-refractivity contribution >= 4 is 46.2 Å². The number of hydrogen-bond donors (Lipinski definition) is 0. The highest BCUT2D eigenvalue weighted by Crippen LogP contribution is 2.25. The van der Waals surface area contributed by atoms with Crippen LogP contribution in [-0.4, -0.2) is 33.8 Å². The molecule has 1 saturated heterocycles. The van der Waals surface area contributed by atoms with E-state index in [1.54, 1.807) is 11.8 Å². The van der Waals surface area contributed by atoms with Crippen LogP contribution in [0.25, 0.3) is 12.2 Å². The summed E-state index contributed by atoms with van der Waals surface area (Å²) in [6.07, 6.45) is 5.83. The van der Waals surface area contributed by atoms with Crippen LogP contribution in [0, 0.1) is 13.8 Å². The minimum absolute atomic E-state index is 0.0979. The van der Waals surface area contributed by atoms with Crippen molar-refractivity contribution in [3.8, 4) is 0 Å². The third-order valence-corrected chi connectivity index (χ3v) is 6.17. The van der Waals surface area contributed by atoms with Crippen molar-refractivity contribution in [2.75, 3.05) is 18.8 Å². The Morgan fingerprint density at radius 3 is 2.00 bits per heavy atom. The number of thiocarbonyl (C=S) groups is 1. The summed E-state index contributed by atoms with van der Waals surface area (Å²) in [7, 11) is 0. The first-order valence-corrected chi connectivity index (χ1v) is 11.0. The van der Waals surface area contributed by atoms with Gasteiger partial charge in [-0.2, -0.15) is 0 Å². The van der Waals surface area contributed by atoms with Gasteiger partial charge in [0.2, 0.25) is 0 Å². The van der Waals surface area contributed by atoms with E-state index in [1.165, 1.54) is 11.1 Å². The fourth-order valence-electron chi connectivity index (χ4n) is 3.31. The van der Waals surface area contributed by atoms with Crippen molar-refractivity contribution in [2.24, 2.45) is 0 Å². The molecule has 148 valence electrons. The fraction of sp³-hybridized carbons (Fsp3) is 0.200. The smallest absolute Gasteiger partial charge is 0.188 e. The normalized spacial score (nSPS) is 17.0. The lowest BCUT2D eigenvalue weighted by Gasteiger charge is -2.31. The fourth-order valence-corrected chi connectivity index (χ4v) is 4.22. The van der Waals surface area contributed by atoms with E-state index in [1.807, 2.05) is 42.5 Å². The van der Waals surface area contributed by atoms with E-state index in [4.69, 9.17) is 12.2 Å². The number of thioether (sulfide) groups is 1. The Morgan fingerprint density at radius 2 is 1.55 bits per heavy atom. The summed E-state index contributed by atoms with van der Waals surface area (Å²) in [6, 6.07) is 16.4. The number of rotatable bonds is 4. The van der Waals surface area contributed by atoms with E-state index < -0.39 is 0 Å².